The summed E-state index contributed by atoms with van der Waals surface area (Å²) in [7, 11) is 0. The molecule has 4 heteroatoms. The van der Waals surface area contributed by atoms with Crippen molar-refractivity contribution in [3.05, 3.63) is 41.7 Å². The average Bonchev–Trinajstić information content (AvgIpc) is 2.48. The van der Waals surface area contributed by atoms with Crippen molar-refractivity contribution < 1.29 is 4.79 Å². The van der Waals surface area contributed by atoms with Crippen LogP contribution in [0.5, 0.6) is 0 Å². The quantitative estimate of drug-likeness (QED) is 0.677. The molecule has 104 valence electrons. The minimum absolute atomic E-state index is 0.203. The first-order valence-electron chi connectivity index (χ1n) is 7.02. The van der Waals surface area contributed by atoms with Crippen molar-refractivity contribution in [2.45, 2.75) is 26.7 Å². The third kappa shape index (κ3) is 2.15. The zero-order valence-electron chi connectivity index (χ0n) is 11.8. The van der Waals surface area contributed by atoms with Crippen LogP contribution >= 0.6 is 0 Å². The first-order valence-corrected chi connectivity index (χ1v) is 7.02. The van der Waals surface area contributed by atoms with Crippen molar-refractivity contribution in [3.8, 4) is 0 Å². The Kier molecular flexibility index (Phi) is 3.16. The van der Waals surface area contributed by atoms with E-state index in [4.69, 9.17) is 0 Å². The van der Waals surface area contributed by atoms with E-state index < -0.39 is 0 Å². The van der Waals surface area contributed by atoms with Gasteiger partial charge in [-0.25, -0.2) is 5.43 Å². The highest BCUT2D eigenvalue weighted by Gasteiger charge is 2.50. The number of hydrogen-bond donors (Lipinski definition) is 1. The van der Waals surface area contributed by atoms with Gasteiger partial charge in [-0.1, -0.05) is 19.9 Å². The Labute approximate surface area is 119 Å². The lowest BCUT2D eigenvalue weighted by atomic mass is 9.49. The summed E-state index contributed by atoms with van der Waals surface area (Å²) in [5.41, 5.74) is 4.78. The van der Waals surface area contributed by atoms with Crippen LogP contribution in [0.15, 0.2) is 41.3 Å². The Morgan fingerprint density at radius 2 is 2.20 bits per heavy atom. The summed E-state index contributed by atoms with van der Waals surface area (Å²) >= 11 is 0. The molecule has 0 unspecified atom stereocenters. The van der Waals surface area contributed by atoms with Crippen LogP contribution < -0.4 is 5.43 Å². The van der Waals surface area contributed by atoms with E-state index in [2.05, 4.69) is 35.4 Å². The lowest BCUT2D eigenvalue weighted by Crippen LogP contribution is -2.48. The number of nitrogens with one attached hydrogen (secondary N) is 1. The fraction of sp³-hybridized carbons (Fsp3) is 0.438. The van der Waals surface area contributed by atoms with E-state index in [0.29, 0.717) is 16.9 Å². The molecule has 0 radical (unpaired) electrons. The SMILES string of the molecule is CC1(C)[C@H]2CC=C(/C=N\NC(=O)c3ccncc3)[C@H]1C2. The Balaban J connectivity index is 1.62. The molecule has 1 saturated carbocycles. The Morgan fingerprint density at radius 1 is 1.45 bits per heavy atom. The summed E-state index contributed by atoms with van der Waals surface area (Å²) < 4.78 is 0. The number of allylic oxidation sites excluding steroid dienone is 2. The summed E-state index contributed by atoms with van der Waals surface area (Å²) in [6, 6.07) is 3.34. The maximum Gasteiger partial charge on any atom is 0.271 e. The average molecular weight is 269 g/mol. The van der Waals surface area contributed by atoms with Gasteiger partial charge in [0.15, 0.2) is 0 Å². The number of carbonyl (C=O) groups is 1. The molecule has 0 aliphatic heterocycles. The van der Waals surface area contributed by atoms with E-state index in [-0.39, 0.29) is 5.91 Å². The minimum Gasteiger partial charge on any atom is -0.267 e. The Bertz CT molecular complexity index is 575. The fourth-order valence-corrected chi connectivity index (χ4v) is 3.28. The van der Waals surface area contributed by atoms with Crippen molar-refractivity contribution >= 4 is 12.1 Å². The number of pyridine rings is 1. The number of carbonyl (C=O) groups excluding carboxylic acids is 1. The smallest absolute Gasteiger partial charge is 0.267 e. The molecule has 0 aromatic carbocycles. The van der Waals surface area contributed by atoms with E-state index >= 15 is 0 Å². The maximum absolute atomic E-state index is 11.8. The molecule has 0 saturated heterocycles. The normalized spacial score (nSPS) is 26.8. The topological polar surface area (TPSA) is 54.4 Å². The van der Waals surface area contributed by atoms with Crippen molar-refractivity contribution in [2.75, 3.05) is 0 Å². The first-order chi connectivity index (χ1) is 9.59. The molecule has 1 N–H and O–H groups in total. The molecule has 1 amide bonds. The lowest BCUT2D eigenvalue weighted by molar-refractivity contribution is -0.00126. The fourth-order valence-electron chi connectivity index (χ4n) is 3.28. The van der Waals surface area contributed by atoms with Gasteiger partial charge in [0, 0.05) is 18.0 Å². The number of amides is 1. The molecule has 1 aromatic rings. The summed E-state index contributed by atoms with van der Waals surface area (Å²) in [5.74, 6) is 1.20. The standard InChI is InChI=1S/C16H19N3O/c1-16(2)13-4-3-12(14(16)9-13)10-18-19-15(20)11-5-7-17-8-6-11/h3,5-8,10,13-14H,4,9H2,1-2H3,(H,19,20)/b18-10-/t13-,14+/m0/s1. The molecule has 2 atom stereocenters. The lowest BCUT2D eigenvalue weighted by Gasteiger charge is -2.55. The van der Waals surface area contributed by atoms with Gasteiger partial charge in [-0.05, 0) is 47.8 Å². The van der Waals surface area contributed by atoms with Crippen LogP contribution in [0.1, 0.15) is 37.0 Å². The number of hydrazone groups is 1. The van der Waals surface area contributed by atoms with Crippen LogP contribution in [0.25, 0.3) is 0 Å². The number of rotatable bonds is 3. The van der Waals surface area contributed by atoms with Crippen molar-refractivity contribution in [1.29, 1.82) is 0 Å². The summed E-state index contributed by atoms with van der Waals surface area (Å²) in [4.78, 5) is 15.7. The number of aromatic nitrogens is 1. The molecular formula is C16H19N3O. The third-order valence-electron chi connectivity index (χ3n) is 4.83. The van der Waals surface area contributed by atoms with Gasteiger partial charge in [-0.3, -0.25) is 9.78 Å². The van der Waals surface area contributed by atoms with Gasteiger partial charge in [0.1, 0.15) is 0 Å². The molecule has 20 heavy (non-hydrogen) atoms. The second-order valence-corrected chi connectivity index (χ2v) is 6.18. The summed E-state index contributed by atoms with van der Waals surface area (Å²) in [6.07, 6.45) is 9.64. The van der Waals surface area contributed by atoms with Gasteiger partial charge in [0.25, 0.3) is 5.91 Å². The monoisotopic (exact) mass is 269 g/mol. The van der Waals surface area contributed by atoms with E-state index in [1.54, 1.807) is 30.7 Å². The van der Waals surface area contributed by atoms with E-state index in [9.17, 15) is 4.79 Å². The van der Waals surface area contributed by atoms with Crippen LogP contribution in [0.3, 0.4) is 0 Å². The van der Waals surface area contributed by atoms with Crippen molar-refractivity contribution in [1.82, 2.24) is 10.4 Å². The van der Waals surface area contributed by atoms with E-state index in [1.165, 1.54) is 12.0 Å². The highest BCUT2D eigenvalue weighted by molar-refractivity contribution is 5.94. The van der Waals surface area contributed by atoms with Crippen LogP contribution in [0, 0.1) is 17.3 Å². The number of fused-ring (bicyclic) bond motifs is 1. The van der Waals surface area contributed by atoms with E-state index in [0.717, 1.165) is 12.3 Å². The van der Waals surface area contributed by atoms with Gasteiger partial charge >= 0.3 is 0 Å². The highest BCUT2D eigenvalue weighted by Crippen LogP contribution is 2.58. The number of nitrogens with zero attached hydrogens (tertiary/aromatic N) is 2. The predicted molar refractivity (Wildman–Crippen MR) is 78.3 cm³/mol. The first kappa shape index (κ1) is 13.0. The molecule has 3 aliphatic rings. The molecule has 4 rings (SSSR count). The second kappa shape index (κ2) is 4.85. The zero-order valence-corrected chi connectivity index (χ0v) is 11.8. The molecule has 2 bridgehead atoms. The molecule has 3 aliphatic carbocycles. The van der Waals surface area contributed by atoms with Crippen LogP contribution in [-0.2, 0) is 0 Å². The zero-order chi connectivity index (χ0) is 14.2. The summed E-state index contributed by atoms with van der Waals surface area (Å²) in [6.45, 7) is 4.64. The Hall–Kier alpha value is -1.97. The van der Waals surface area contributed by atoms with Crippen LogP contribution in [0.2, 0.25) is 0 Å². The van der Waals surface area contributed by atoms with Gasteiger partial charge in [-0.2, -0.15) is 5.10 Å². The van der Waals surface area contributed by atoms with Crippen LogP contribution in [0.4, 0.5) is 0 Å². The van der Waals surface area contributed by atoms with Crippen molar-refractivity contribution in [2.24, 2.45) is 22.4 Å². The molecule has 4 nitrogen and oxygen atoms in total. The van der Waals surface area contributed by atoms with Crippen LogP contribution in [-0.4, -0.2) is 17.1 Å². The predicted octanol–water partition coefficient (Wildman–Crippen LogP) is 2.79. The van der Waals surface area contributed by atoms with Crippen molar-refractivity contribution in [3.63, 3.8) is 0 Å². The van der Waals surface area contributed by atoms with Gasteiger partial charge in [-0.15, -0.1) is 0 Å². The molecule has 1 heterocycles. The van der Waals surface area contributed by atoms with Gasteiger partial charge < -0.3 is 0 Å². The third-order valence-corrected chi connectivity index (χ3v) is 4.83. The van der Waals surface area contributed by atoms with Gasteiger partial charge in [0.2, 0.25) is 0 Å². The molecule has 1 fully saturated rings. The number of hydrogen-bond acceptors (Lipinski definition) is 3. The largest absolute Gasteiger partial charge is 0.271 e. The molecule has 0 spiro atoms. The maximum atomic E-state index is 11.8. The van der Waals surface area contributed by atoms with E-state index in [1.807, 2.05) is 0 Å². The van der Waals surface area contributed by atoms with Gasteiger partial charge in [0.05, 0.1) is 6.21 Å². The molecular weight excluding hydrogens is 250 g/mol. The minimum atomic E-state index is -0.203. The highest BCUT2D eigenvalue weighted by atomic mass is 16.2. The second-order valence-electron chi connectivity index (χ2n) is 6.18. The summed E-state index contributed by atoms with van der Waals surface area (Å²) in [5, 5.41) is 4.10. The Morgan fingerprint density at radius 3 is 2.85 bits per heavy atom. The molecule has 1 aromatic heterocycles.